The molecule has 0 aliphatic heterocycles. The van der Waals surface area contributed by atoms with E-state index in [4.69, 9.17) is 10.5 Å². The fourth-order valence-corrected chi connectivity index (χ4v) is 3.45. The SMILES string of the molecule is CCOc1ccc2nc(-c3ccc(N)c(I)c3)sc2c1. The van der Waals surface area contributed by atoms with Gasteiger partial charge in [-0.3, -0.25) is 0 Å². The number of hydrogen-bond acceptors (Lipinski definition) is 4. The number of ether oxygens (including phenoxy) is 1. The second-order valence-electron chi connectivity index (χ2n) is 4.32. The van der Waals surface area contributed by atoms with Gasteiger partial charge in [0.2, 0.25) is 0 Å². The highest BCUT2D eigenvalue weighted by Gasteiger charge is 2.08. The molecule has 0 aliphatic carbocycles. The van der Waals surface area contributed by atoms with Crippen LogP contribution in [0.15, 0.2) is 36.4 Å². The van der Waals surface area contributed by atoms with Crippen LogP contribution in [0.3, 0.4) is 0 Å². The maximum Gasteiger partial charge on any atom is 0.124 e. The predicted molar refractivity (Wildman–Crippen MR) is 93.4 cm³/mol. The van der Waals surface area contributed by atoms with E-state index in [-0.39, 0.29) is 0 Å². The van der Waals surface area contributed by atoms with Gasteiger partial charge < -0.3 is 10.5 Å². The van der Waals surface area contributed by atoms with Crippen molar-refractivity contribution in [2.45, 2.75) is 6.92 Å². The van der Waals surface area contributed by atoms with Crippen molar-refractivity contribution < 1.29 is 4.74 Å². The molecule has 3 rings (SSSR count). The maximum atomic E-state index is 5.85. The van der Waals surface area contributed by atoms with E-state index in [9.17, 15) is 0 Å². The monoisotopic (exact) mass is 396 g/mol. The number of thiazole rings is 1. The minimum Gasteiger partial charge on any atom is -0.494 e. The quantitative estimate of drug-likeness (QED) is 0.522. The first-order chi connectivity index (χ1) is 9.67. The van der Waals surface area contributed by atoms with Gasteiger partial charge in [0.05, 0.1) is 16.8 Å². The van der Waals surface area contributed by atoms with Gasteiger partial charge >= 0.3 is 0 Å². The van der Waals surface area contributed by atoms with E-state index in [2.05, 4.69) is 33.6 Å². The average molecular weight is 396 g/mol. The summed E-state index contributed by atoms with van der Waals surface area (Å²) in [6, 6.07) is 12.0. The van der Waals surface area contributed by atoms with Crippen LogP contribution in [0.2, 0.25) is 0 Å². The minimum atomic E-state index is 0.674. The Balaban J connectivity index is 2.05. The average Bonchev–Trinajstić information content (AvgIpc) is 2.85. The summed E-state index contributed by atoms with van der Waals surface area (Å²) in [6.07, 6.45) is 0. The Labute approximate surface area is 134 Å². The van der Waals surface area contributed by atoms with Crippen molar-refractivity contribution in [3.05, 3.63) is 40.0 Å². The molecule has 0 saturated heterocycles. The van der Waals surface area contributed by atoms with Crippen LogP contribution in [-0.2, 0) is 0 Å². The van der Waals surface area contributed by atoms with Gasteiger partial charge in [-0.05, 0) is 65.9 Å². The lowest BCUT2D eigenvalue weighted by molar-refractivity contribution is 0.341. The molecule has 0 spiro atoms. The van der Waals surface area contributed by atoms with Crippen molar-refractivity contribution in [3.8, 4) is 16.3 Å². The lowest BCUT2D eigenvalue weighted by Crippen LogP contribution is -1.90. The Morgan fingerprint density at radius 3 is 2.85 bits per heavy atom. The number of aromatic nitrogens is 1. The van der Waals surface area contributed by atoms with Gasteiger partial charge in [-0.1, -0.05) is 0 Å². The van der Waals surface area contributed by atoms with E-state index in [0.717, 1.165) is 35.8 Å². The first-order valence-electron chi connectivity index (χ1n) is 6.26. The number of benzene rings is 2. The third kappa shape index (κ3) is 2.60. The highest BCUT2D eigenvalue weighted by molar-refractivity contribution is 14.1. The van der Waals surface area contributed by atoms with Crippen molar-refractivity contribution in [1.82, 2.24) is 4.98 Å². The predicted octanol–water partition coefficient (Wildman–Crippen LogP) is 4.55. The van der Waals surface area contributed by atoms with Crippen molar-refractivity contribution in [2.75, 3.05) is 12.3 Å². The number of rotatable bonds is 3. The molecule has 102 valence electrons. The van der Waals surface area contributed by atoms with Crippen LogP contribution < -0.4 is 10.5 Å². The fourth-order valence-electron chi connectivity index (χ4n) is 1.95. The Morgan fingerprint density at radius 1 is 1.25 bits per heavy atom. The fraction of sp³-hybridized carbons (Fsp3) is 0.133. The number of fused-ring (bicyclic) bond motifs is 1. The first kappa shape index (κ1) is 13.6. The molecule has 0 saturated carbocycles. The molecule has 1 aromatic heterocycles. The van der Waals surface area contributed by atoms with E-state index in [1.165, 1.54) is 0 Å². The first-order valence-corrected chi connectivity index (χ1v) is 8.15. The van der Waals surface area contributed by atoms with Crippen LogP contribution >= 0.6 is 33.9 Å². The van der Waals surface area contributed by atoms with Gasteiger partial charge in [0.25, 0.3) is 0 Å². The zero-order chi connectivity index (χ0) is 14.1. The molecule has 0 aliphatic rings. The molecular formula is C15H13IN2OS. The molecule has 2 aromatic carbocycles. The molecule has 2 N–H and O–H groups in total. The van der Waals surface area contributed by atoms with Gasteiger partial charge in [0.1, 0.15) is 10.8 Å². The molecule has 0 fully saturated rings. The summed E-state index contributed by atoms with van der Waals surface area (Å²) in [5, 5.41) is 1.01. The largest absolute Gasteiger partial charge is 0.494 e. The number of nitrogen functional groups attached to an aromatic ring is 1. The third-order valence-corrected chi connectivity index (χ3v) is 4.92. The van der Waals surface area contributed by atoms with Crippen molar-refractivity contribution in [2.24, 2.45) is 0 Å². The highest BCUT2D eigenvalue weighted by atomic mass is 127. The summed E-state index contributed by atoms with van der Waals surface area (Å²) < 4.78 is 7.71. The summed E-state index contributed by atoms with van der Waals surface area (Å²) in [6.45, 7) is 2.66. The lowest BCUT2D eigenvalue weighted by Gasteiger charge is -2.00. The summed E-state index contributed by atoms with van der Waals surface area (Å²) in [5.41, 5.74) is 8.75. The number of nitrogens with two attached hydrogens (primary N) is 1. The van der Waals surface area contributed by atoms with E-state index in [1.807, 2.05) is 37.3 Å². The molecule has 1 heterocycles. The van der Waals surface area contributed by atoms with E-state index in [0.29, 0.717) is 6.61 Å². The Bertz CT molecular complexity index is 770. The van der Waals surface area contributed by atoms with Crippen molar-refractivity contribution >= 4 is 49.8 Å². The smallest absolute Gasteiger partial charge is 0.124 e. The second kappa shape index (κ2) is 5.57. The van der Waals surface area contributed by atoms with Crippen molar-refractivity contribution in [1.29, 1.82) is 0 Å². The van der Waals surface area contributed by atoms with E-state index in [1.54, 1.807) is 11.3 Å². The van der Waals surface area contributed by atoms with Crippen LogP contribution in [-0.4, -0.2) is 11.6 Å². The van der Waals surface area contributed by atoms with Gasteiger partial charge in [-0.25, -0.2) is 4.98 Å². The standard InChI is InChI=1S/C15H13IN2OS/c1-2-19-10-4-6-13-14(8-10)20-15(18-13)9-3-5-12(17)11(16)7-9/h3-8H,2,17H2,1H3. The molecule has 3 aromatic rings. The van der Waals surface area contributed by atoms with Gasteiger partial charge in [0.15, 0.2) is 0 Å². The minimum absolute atomic E-state index is 0.674. The molecule has 0 bridgehead atoms. The normalized spacial score (nSPS) is 10.9. The van der Waals surface area contributed by atoms with E-state index < -0.39 is 0 Å². The summed E-state index contributed by atoms with van der Waals surface area (Å²) >= 11 is 3.91. The molecule has 0 radical (unpaired) electrons. The van der Waals surface area contributed by atoms with Gasteiger partial charge in [-0.15, -0.1) is 11.3 Å². The molecule has 3 nitrogen and oxygen atoms in total. The molecule has 0 atom stereocenters. The summed E-state index contributed by atoms with van der Waals surface area (Å²) in [7, 11) is 0. The number of hydrogen-bond donors (Lipinski definition) is 1. The highest BCUT2D eigenvalue weighted by Crippen LogP contribution is 2.33. The second-order valence-corrected chi connectivity index (χ2v) is 6.51. The van der Waals surface area contributed by atoms with Crippen molar-refractivity contribution in [3.63, 3.8) is 0 Å². The zero-order valence-electron chi connectivity index (χ0n) is 10.9. The van der Waals surface area contributed by atoms with Crippen LogP contribution in [0.4, 0.5) is 5.69 Å². The molecular weight excluding hydrogens is 383 g/mol. The molecule has 0 unspecified atom stereocenters. The molecule has 20 heavy (non-hydrogen) atoms. The Hall–Kier alpha value is -1.34. The lowest BCUT2D eigenvalue weighted by atomic mass is 10.2. The Kier molecular flexibility index (Phi) is 3.80. The Morgan fingerprint density at radius 2 is 2.10 bits per heavy atom. The van der Waals surface area contributed by atoms with Gasteiger partial charge in [0, 0.05) is 14.8 Å². The van der Waals surface area contributed by atoms with Gasteiger partial charge in [-0.2, -0.15) is 0 Å². The van der Waals surface area contributed by atoms with Crippen LogP contribution in [0, 0.1) is 3.57 Å². The maximum absolute atomic E-state index is 5.85. The number of anilines is 1. The molecule has 5 heteroatoms. The summed E-state index contributed by atoms with van der Waals surface area (Å²) in [5.74, 6) is 0.891. The third-order valence-electron chi connectivity index (χ3n) is 2.92. The molecule has 0 amide bonds. The van der Waals surface area contributed by atoms with E-state index >= 15 is 0 Å². The number of nitrogens with zero attached hydrogens (tertiary/aromatic N) is 1. The van der Waals surface area contributed by atoms with Crippen LogP contribution in [0.5, 0.6) is 5.75 Å². The zero-order valence-corrected chi connectivity index (χ0v) is 13.9. The van der Waals surface area contributed by atoms with Crippen LogP contribution in [0.25, 0.3) is 20.8 Å². The summed E-state index contributed by atoms with van der Waals surface area (Å²) in [4.78, 5) is 4.67. The number of halogens is 1. The topological polar surface area (TPSA) is 48.1 Å². The van der Waals surface area contributed by atoms with Crippen LogP contribution in [0.1, 0.15) is 6.92 Å².